The van der Waals surface area contributed by atoms with E-state index in [0.29, 0.717) is 0 Å². The first-order chi connectivity index (χ1) is 4.75. The van der Waals surface area contributed by atoms with Crippen LogP contribution in [-0.4, -0.2) is 20.6 Å². The van der Waals surface area contributed by atoms with Gasteiger partial charge in [0.25, 0.3) is 0 Å². The van der Waals surface area contributed by atoms with Crippen molar-refractivity contribution in [3.05, 3.63) is 18.2 Å². The molecule has 54 valence electrons. The number of aromatic nitrogens is 2. The van der Waals surface area contributed by atoms with Gasteiger partial charge in [-0.05, 0) is 0 Å². The van der Waals surface area contributed by atoms with Crippen molar-refractivity contribution in [1.29, 1.82) is 0 Å². The van der Waals surface area contributed by atoms with E-state index < -0.39 is 12.8 Å². The third-order valence-electron chi connectivity index (χ3n) is 1.04. The summed E-state index contributed by atoms with van der Waals surface area (Å²) in [4.78, 5) is 13.6. The largest absolute Gasteiger partial charge is 0.475 e. The summed E-state index contributed by atoms with van der Waals surface area (Å²) in [5.41, 5.74) is 0. The number of alkyl halides is 1. The average molecular weight is 144 g/mol. The Morgan fingerprint density at radius 2 is 2.60 bits per heavy atom. The number of carboxylic acid groups (broad SMARTS) is 1. The van der Waals surface area contributed by atoms with Crippen LogP contribution in [0, 0.1) is 0 Å². The highest BCUT2D eigenvalue weighted by Gasteiger charge is 2.08. The van der Waals surface area contributed by atoms with E-state index in [0.717, 1.165) is 4.57 Å². The Balaban J connectivity index is 3.01. The zero-order chi connectivity index (χ0) is 7.56. The molecule has 0 aromatic carbocycles. The second-order valence-corrected chi connectivity index (χ2v) is 1.65. The van der Waals surface area contributed by atoms with Gasteiger partial charge in [0.1, 0.15) is 0 Å². The molecule has 1 rings (SSSR count). The second kappa shape index (κ2) is 2.47. The smallest absolute Gasteiger partial charge is 0.372 e. The fourth-order valence-electron chi connectivity index (χ4n) is 0.604. The molecule has 1 aromatic heterocycles. The Morgan fingerprint density at radius 3 is 3.00 bits per heavy atom. The summed E-state index contributed by atoms with van der Waals surface area (Å²) < 4.78 is 12.7. The first-order valence-corrected chi connectivity index (χ1v) is 2.56. The summed E-state index contributed by atoms with van der Waals surface area (Å²) in [5.74, 6) is -1.50. The summed E-state index contributed by atoms with van der Waals surface area (Å²) in [6, 6.07) is 0. The molecule has 0 saturated heterocycles. The van der Waals surface area contributed by atoms with Crippen LogP contribution in [0.2, 0.25) is 0 Å². The van der Waals surface area contributed by atoms with E-state index in [-0.39, 0.29) is 5.82 Å². The summed E-state index contributed by atoms with van der Waals surface area (Å²) in [6.07, 6.45) is 2.51. The summed E-state index contributed by atoms with van der Waals surface area (Å²) in [6.45, 7) is -0.859. The van der Waals surface area contributed by atoms with E-state index in [1.165, 1.54) is 12.4 Å². The molecule has 10 heavy (non-hydrogen) atoms. The van der Waals surface area contributed by atoms with Crippen LogP contribution in [0.4, 0.5) is 4.39 Å². The number of nitrogens with zero attached hydrogens (tertiary/aromatic N) is 2. The van der Waals surface area contributed by atoms with Gasteiger partial charge in [0.05, 0.1) is 0 Å². The predicted molar refractivity (Wildman–Crippen MR) is 30.3 cm³/mol. The van der Waals surface area contributed by atoms with Crippen LogP contribution in [0.3, 0.4) is 0 Å². The fraction of sp³-hybridized carbons (Fsp3) is 0.200. The minimum atomic E-state index is -1.22. The third-order valence-corrected chi connectivity index (χ3v) is 1.04. The standard InChI is InChI=1S/C5H5FN2O2/c6-3-8-2-1-7-4(8)5(9)10/h1-2H,3H2,(H,9,10). The molecule has 0 saturated carbocycles. The number of hydrogen-bond acceptors (Lipinski definition) is 2. The van der Waals surface area contributed by atoms with Gasteiger partial charge < -0.3 is 5.11 Å². The summed E-state index contributed by atoms with van der Waals surface area (Å²) in [7, 11) is 0. The van der Waals surface area contributed by atoms with Gasteiger partial charge in [0.2, 0.25) is 5.82 Å². The van der Waals surface area contributed by atoms with Crippen LogP contribution in [0.25, 0.3) is 0 Å². The van der Waals surface area contributed by atoms with Crippen molar-refractivity contribution in [2.75, 3.05) is 0 Å². The van der Waals surface area contributed by atoms with E-state index >= 15 is 0 Å². The predicted octanol–water partition coefficient (Wildman–Crippen LogP) is 0.508. The molecule has 0 amide bonds. The van der Waals surface area contributed by atoms with E-state index in [2.05, 4.69) is 4.98 Å². The lowest BCUT2D eigenvalue weighted by Gasteiger charge is -1.94. The molecular formula is C5H5FN2O2. The number of halogens is 1. The highest BCUT2D eigenvalue weighted by atomic mass is 19.1. The first-order valence-electron chi connectivity index (χ1n) is 2.56. The van der Waals surface area contributed by atoms with Crippen molar-refractivity contribution >= 4 is 5.97 Å². The minimum Gasteiger partial charge on any atom is -0.475 e. The van der Waals surface area contributed by atoms with Gasteiger partial charge in [-0.1, -0.05) is 0 Å². The first kappa shape index (κ1) is 6.73. The fourth-order valence-corrected chi connectivity index (χ4v) is 0.604. The zero-order valence-corrected chi connectivity index (χ0v) is 4.99. The summed E-state index contributed by atoms with van der Waals surface area (Å²) in [5, 5.41) is 8.34. The van der Waals surface area contributed by atoms with E-state index in [1.54, 1.807) is 0 Å². The molecule has 1 aromatic rings. The SMILES string of the molecule is O=C(O)c1nccn1CF. The van der Waals surface area contributed by atoms with Gasteiger partial charge >= 0.3 is 5.97 Å². The van der Waals surface area contributed by atoms with E-state index in [4.69, 9.17) is 5.11 Å². The molecule has 0 atom stereocenters. The molecule has 0 aliphatic rings. The molecule has 0 spiro atoms. The Labute approximate surface area is 55.9 Å². The monoisotopic (exact) mass is 144 g/mol. The number of carboxylic acids is 1. The van der Waals surface area contributed by atoms with Gasteiger partial charge in [0.15, 0.2) is 6.80 Å². The normalized spacial score (nSPS) is 9.70. The van der Waals surface area contributed by atoms with Crippen molar-refractivity contribution in [2.24, 2.45) is 0 Å². The van der Waals surface area contributed by atoms with Gasteiger partial charge in [-0.3, -0.25) is 4.57 Å². The Morgan fingerprint density at radius 1 is 1.90 bits per heavy atom. The van der Waals surface area contributed by atoms with E-state index in [1.807, 2.05) is 0 Å². The van der Waals surface area contributed by atoms with Crippen LogP contribution in [0.5, 0.6) is 0 Å². The lowest BCUT2D eigenvalue weighted by molar-refractivity contribution is 0.0674. The molecule has 0 bridgehead atoms. The van der Waals surface area contributed by atoms with Gasteiger partial charge in [-0.2, -0.15) is 0 Å². The Hall–Kier alpha value is -1.39. The minimum absolute atomic E-state index is 0.275. The molecule has 1 heterocycles. The molecular weight excluding hydrogens is 139 g/mol. The quantitative estimate of drug-likeness (QED) is 0.657. The lowest BCUT2D eigenvalue weighted by atomic mass is 10.6. The van der Waals surface area contributed by atoms with Crippen molar-refractivity contribution in [3.8, 4) is 0 Å². The highest BCUT2D eigenvalue weighted by molar-refractivity contribution is 5.83. The number of imidazole rings is 1. The molecule has 5 heteroatoms. The molecule has 1 N–H and O–H groups in total. The maximum Gasteiger partial charge on any atom is 0.372 e. The number of aromatic carboxylic acids is 1. The zero-order valence-electron chi connectivity index (χ0n) is 4.99. The Bertz CT molecular complexity index is 246. The topological polar surface area (TPSA) is 55.1 Å². The maximum absolute atomic E-state index is 11.8. The van der Waals surface area contributed by atoms with Crippen molar-refractivity contribution in [1.82, 2.24) is 9.55 Å². The average Bonchev–Trinajstić information content (AvgIpc) is 2.33. The van der Waals surface area contributed by atoms with Crippen molar-refractivity contribution < 1.29 is 14.3 Å². The molecule has 4 nitrogen and oxygen atoms in total. The highest BCUT2D eigenvalue weighted by Crippen LogP contribution is 1.96. The molecule has 0 unspecified atom stereocenters. The second-order valence-electron chi connectivity index (χ2n) is 1.65. The maximum atomic E-state index is 11.8. The van der Waals surface area contributed by atoms with Gasteiger partial charge in [0, 0.05) is 12.4 Å². The number of hydrogen-bond donors (Lipinski definition) is 1. The lowest BCUT2D eigenvalue weighted by Crippen LogP contribution is -2.07. The van der Waals surface area contributed by atoms with Crippen molar-refractivity contribution in [2.45, 2.75) is 6.80 Å². The summed E-state index contributed by atoms with van der Waals surface area (Å²) >= 11 is 0. The van der Waals surface area contributed by atoms with E-state index in [9.17, 15) is 9.18 Å². The van der Waals surface area contributed by atoms with Crippen LogP contribution in [-0.2, 0) is 6.80 Å². The number of rotatable bonds is 2. The van der Waals surface area contributed by atoms with Crippen LogP contribution in [0.15, 0.2) is 12.4 Å². The molecule has 0 aliphatic carbocycles. The molecule has 0 aliphatic heterocycles. The van der Waals surface area contributed by atoms with Gasteiger partial charge in [-0.15, -0.1) is 0 Å². The molecule has 0 radical (unpaired) electrons. The van der Waals surface area contributed by atoms with Gasteiger partial charge in [-0.25, -0.2) is 14.2 Å². The van der Waals surface area contributed by atoms with Crippen LogP contribution >= 0.6 is 0 Å². The molecule has 0 fully saturated rings. The van der Waals surface area contributed by atoms with Crippen LogP contribution in [0.1, 0.15) is 10.6 Å². The van der Waals surface area contributed by atoms with Crippen molar-refractivity contribution in [3.63, 3.8) is 0 Å². The number of carbonyl (C=O) groups is 1. The van der Waals surface area contributed by atoms with Crippen LogP contribution < -0.4 is 0 Å². The third kappa shape index (κ3) is 0.975. The Kier molecular flexibility index (Phi) is 1.66.